The van der Waals surface area contributed by atoms with Gasteiger partial charge in [-0.05, 0) is 36.5 Å². The van der Waals surface area contributed by atoms with Crippen molar-refractivity contribution in [3.05, 3.63) is 32.7 Å². The Morgan fingerprint density at radius 1 is 1.20 bits per heavy atom. The molecule has 0 aliphatic heterocycles. The van der Waals surface area contributed by atoms with E-state index in [4.69, 9.17) is 0 Å². The molecule has 3 heteroatoms. The summed E-state index contributed by atoms with van der Waals surface area (Å²) in [5.74, 6) is 0.447. The van der Waals surface area contributed by atoms with Crippen LogP contribution in [-0.2, 0) is 0 Å². The van der Waals surface area contributed by atoms with E-state index in [1.807, 2.05) is 18.2 Å². The Labute approximate surface area is 107 Å². The first-order chi connectivity index (χ1) is 7.18. The molecule has 0 bridgehead atoms. The number of halogens is 2. The molecule has 1 unspecified atom stereocenters. The molecule has 82 valence electrons. The molecule has 1 aromatic rings. The summed E-state index contributed by atoms with van der Waals surface area (Å²) < 4.78 is 2.04. The summed E-state index contributed by atoms with van der Waals surface area (Å²) >= 11 is 6.92. The summed E-state index contributed by atoms with van der Waals surface area (Å²) in [6, 6.07) is 5.98. The van der Waals surface area contributed by atoms with Crippen molar-refractivity contribution in [1.29, 1.82) is 0 Å². The Bertz CT molecular complexity index is 345. The van der Waals surface area contributed by atoms with Crippen LogP contribution in [0.1, 0.15) is 37.4 Å². The molecule has 0 heterocycles. The second-order valence-corrected chi connectivity index (χ2v) is 5.93. The first kappa shape index (κ1) is 11.6. The zero-order valence-corrected chi connectivity index (χ0v) is 11.6. The third-order valence-electron chi connectivity index (χ3n) is 3.13. The number of hydrogen-bond acceptors (Lipinski definition) is 1. The van der Waals surface area contributed by atoms with Gasteiger partial charge in [0.25, 0.3) is 0 Å². The molecule has 1 N–H and O–H groups in total. The van der Waals surface area contributed by atoms with Crippen LogP contribution in [0.2, 0.25) is 0 Å². The lowest BCUT2D eigenvalue weighted by molar-refractivity contribution is 0.111. The highest BCUT2D eigenvalue weighted by molar-refractivity contribution is 9.11. The van der Waals surface area contributed by atoms with Crippen LogP contribution in [0.25, 0.3) is 0 Å². The predicted molar refractivity (Wildman–Crippen MR) is 68.8 cm³/mol. The summed E-state index contributed by atoms with van der Waals surface area (Å²) in [5, 5.41) is 10.2. The van der Waals surface area contributed by atoms with Gasteiger partial charge in [0.1, 0.15) is 0 Å². The van der Waals surface area contributed by atoms with Gasteiger partial charge in [-0.3, -0.25) is 0 Å². The third kappa shape index (κ3) is 2.63. The van der Waals surface area contributed by atoms with Gasteiger partial charge in [0.05, 0.1) is 6.10 Å². The van der Waals surface area contributed by atoms with Crippen LogP contribution < -0.4 is 0 Å². The molecule has 1 fully saturated rings. The molecule has 0 radical (unpaired) electrons. The fourth-order valence-electron chi connectivity index (χ4n) is 2.27. The molecule has 15 heavy (non-hydrogen) atoms. The molecular weight excluding hydrogens is 320 g/mol. The fourth-order valence-corrected chi connectivity index (χ4v) is 3.55. The minimum absolute atomic E-state index is 0.310. The summed E-state index contributed by atoms with van der Waals surface area (Å²) in [6.07, 6.45) is 4.52. The maximum Gasteiger partial charge on any atom is 0.0829 e. The number of aliphatic hydroxyl groups is 1. The number of rotatable bonds is 2. The van der Waals surface area contributed by atoms with Gasteiger partial charge in [-0.2, -0.15) is 0 Å². The smallest absolute Gasteiger partial charge is 0.0829 e. The number of aliphatic hydroxyl groups excluding tert-OH is 1. The Balaban J connectivity index is 2.20. The molecule has 1 saturated carbocycles. The van der Waals surface area contributed by atoms with Crippen molar-refractivity contribution in [2.24, 2.45) is 5.92 Å². The maximum absolute atomic E-state index is 10.2. The van der Waals surface area contributed by atoms with E-state index in [0.29, 0.717) is 5.92 Å². The Hall–Kier alpha value is 0.140. The molecular formula is C12H14Br2O. The molecule has 1 atom stereocenters. The zero-order valence-electron chi connectivity index (χ0n) is 8.42. The monoisotopic (exact) mass is 332 g/mol. The first-order valence-electron chi connectivity index (χ1n) is 5.31. The lowest BCUT2D eigenvalue weighted by Crippen LogP contribution is -2.09. The summed E-state index contributed by atoms with van der Waals surface area (Å²) in [4.78, 5) is 0. The first-order valence-corrected chi connectivity index (χ1v) is 6.90. The quantitative estimate of drug-likeness (QED) is 0.848. The third-order valence-corrected chi connectivity index (χ3v) is 4.31. The van der Waals surface area contributed by atoms with E-state index in [1.54, 1.807) is 0 Å². The molecule has 0 spiro atoms. The van der Waals surface area contributed by atoms with Gasteiger partial charge < -0.3 is 5.11 Å². The van der Waals surface area contributed by atoms with E-state index < -0.39 is 0 Å². The van der Waals surface area contributed by atoms with E-state index in [-0.39, 0.29) is 6.10 Å². The molecule has 1 aromatic carbocycles. The Morgan fingerprint density at radius 2 is 1.87 bits per heavy atom. The molecule has 2 rings (SSSR count). The lowest BCUT2D eigenvalue weighted by atomic mass is 9.94. The highest BCUT2D eigenvalue weighted by atomic mass is 79.9. The Morgan fingerprint density at radius 3 is 2.47 bits per heavy atom. The van der Waals surface area contributed by atoms with E-state index in [2.05, 4.69) is 31.9 Å². The van der Waals surface area contributed by atoms with Crippen LogP contribution in [-0.4, -0.2) is 5.11 Å². The Kier molecular flexibility index (Phi) is 3.86. The van der Waals surface area contributed by atoms with E-state index >= 15 is 0 Å². The van der Waals surface area contributed by atoms with E-state index in [1.165, 1.54) is 12.8 Å². The summed E-state index contributed by atoms with van der Waals surface area (Å²) in [6.45, 7) is 0. The average molecular weight is 334 g/mol. The summed E-state index contributed by atoms with van der Waals surface area (Å²) in [5.41, 5.74) is 1.02. The van der Waals surface area contributed by atoms with Crippen LogP contribution in [0.15, 0.2) is 27.1 Å². The minimum Gasteiger partial charge on any atom is -0.388 e. The largest absolute Gasteiger partial charge is 0.388 e. The van der Waals surface area contributed by atoms with E-state index in [9.17, 15) is 5.11 Å². The normalized spacial score (nSPS) is 19.4. The van der Waals surface area contributed by atoms with Gasteiger partial charge in [0.2, 0.25) is 0 Å². The molecule has 1 nitrogen and oxygen atoms in total. The van der Waals surface area contributed by atoms with Crippen molar-refractivity contribution in [1.82, 2.24) is 0 Å². The van der Waals surface area contributed by atoms with Gasteiger partial charge >= 0.3 is 0 Å². The highest BCUT2D eigenvalue weighted by Gasteiger charge is 2.25. The molecule has 1 aliphatic rings. The highest BCUT2D eigenvalue weighted by Crippen LogP contribution is 2.38. The fraction of sp³-hybridized carbons (Fsp3) is 0.500. The maximum atomic E-state index is 10.2. The molecule has 1 aliphatic carbocycles. The van der Waals surface area contributed by atoms with Gasteiger partial charge in [0, 0.05) is 8.95 Å². The van der Waals surface area contributed by atoms with Crippen LogP contribution >= 0.6 is 31.9 Å². The topological polar surface area (TPSA) is 20.2 Å². The molecule has 0 saturated heterocycles. The average Bonchev–Trinajstić information content (AvgIpc) is 2.69. The standard InChI is InChI=1S/C12H14Br2O/c13-9-5-6-10(11(14)7-9)12(15)8-3-1-2-4-8/h5-8,12,15H,1-4H2. The van der Waals surface area contributed by atoms with Crippen molar-refractivity contribution in [2.45, 2.75) is 31.8 Å². The van der Waals surface area contributed by atoms with Gasteiger partial charge in [-0.15, -0.1) is 0 Å². The van der Waals surface area contributed by atoms with E-state index in [0.717, 1.165) is 27.4 Å². The second-order valence-electron chi connectivity index (χ2n) is 4.16. The van der Waals surface area contributed by atoms with Gasteiger partial charge in [-0.1, -0.05) is 50.8 Å². The number of hydrogen-bond donors (Lipinski definition) is 1. The second kappa shape index (κ2) is 4.98. The summed E-state index contributed by atoms with van der Waals surface area (Å²) in [7, 11) is 0. The van der Waals surface area contributed by atoms with Crippen LogP contribution in [0, 0.1) is 5.92 Å². The van der Waals surface area contributed by atoms with Crippen molar-refractivity contribution in [3.63, 3.8) is 0 Å². The minimum atomic E-state index is -0.310. The lowest BCUT2D eigenvalue weighted by Gasteiger charge is -2.19. The van der Waals surface area contributed by atoms with Crippen molar-refractivity contribution in [3.8, 4) is 0 Å². The molecule has 0 amide bonds. The van der Waals surface area contributed by atoms with Crippen molar-refractivity contribution < 1.29 is 5.11 Å². The molecule has 0 aromatic heterocycles. The SMILES string of the molecule is OC(c1ccc(Br)cc1Br)C1CCCC1. The zero-order chi connectivity index (χ0) is 10.8. The van der Waals surface area contributed by atoms with Crippen LogP contribution in [0.4, 0.5) is 0 Å². The van der Waals surface area contributed by atoms with Gasteiger partial charge in [0.15, 0.2) is 0 Å². The van der Waals surface area contributed by atoms with Gasteiger partial charge in [-0.25, -0.2) is 0 Å². The number of benzene rings is 1. The van der Waals surface area contributed by atoms with Crippen LogP contribution in [0.5, 0.6) is 0 Å². The predicted octanol–water partition coefficient (Wildman–Crippen LogP) is 4.44. The van der Waals surface area contributed by atoms with Crippen LogP contribution in [0.3, 0.4) is 0 Å². The van der Waals surface area contributed by atoms with Crippen molar-refractivity contribution in [2.75, 3.05) is 0 Å². The van der Waals surface area contributed by atoms with Crippen molar-refractivity contribution >= 4 is 31.9 Å².